The fourth-order valence-electron chi connectivity index (χ4n) is 6.96. The lowest BCUT2D eigenvalue weighted by molar-refractivity contribution is -0.136. The molecule has 0 aromatic heterocycles. The van der Waals surface area contributed by atoms with E-state index in [2.05, 4.69) is 34.5 Å². The van der Waals surface area contributed by atoms with Crippen molar-refractivity contribution in [3.8, 4) is 0 Å². The van der Waals surface area contributed by atoms with Crippen LogP contribution in [-0.4, -0.2) is 69.5 Å². The van der Waals surface area contributed by atoms with Crippen LogP contribution in [0.3, 0.4) is 0 Å². The minimum absolute atomic E-state index is 0.0366. The number of carbonyl (C=O) groups is 4. The van der Waals surface area contributed by atoms with Gasteiger partial charge >= 0.3 is 0 Å². The van der Waals surface area contributed by atoms with Crippen molar-refractivity contribution in [2.24, 2.45) is 0 Å². The number of nitrogens with one attached hydrogen (secondary N) is 1. The molecule has 3 unspecified atom stereocenters. The number of hydrogen-bond donors (Lipinski definition) is 1. The zero-order chi connectivity index (χ0) is 28.2. The summed E-state index contributed by atoms with van der Waals surface area (Å²) in [6.07, 6.45) is 1.23. The van der Waals surface area contributed by atoms with E-state index in [-0.39, 0.29) is 60.5 Å². The summed E-state index contributed by atoms with van der Waals surface area (Å²) in [5, 5.41) is 2.27. The minimum Gasteiger partial charge on any atom is -0.330 e. The van der Waals surface area contributed by atoms with E-state index in [1.165, 1.54) is 22.1 Å². The Bertz CT molecular complexity index is 1510. The molecule has 8 nitrogen and oxygen atoms in total. The number of imide groups is 1. The topological polar surface area (TPSA) is 90.0 Å². The number of halogens is 1. The summed E-state index contributed by atoms with van der Waals surface area (Å²) in [6, 6.07) is 22.4. The third kappa shape index (κ3) is 4.32. The van der Waals surface area contributed by atoms with Gasteiger partial charge in [-0.3, -0.25) is 29.4 Å². The highest BCUT2D eigenvalue weighted by Crippen LogP contribution is 2.40. The molecule has 0 spiro atoms. The van der Waals surface area contributed by atoms with Crippen LogP contribution < -0.4 is 5.32 Å². The molecule has 3 aromatic carbocycles. The summed E-state index contributed by atoms with van der Waals surface area (Å²) in [6.45, 7) is 1.44. The van der Waals surface area contributed by atoms with E-state index < -0.39 is 23.7 Å². The Morgan fingerprint density at radius 3 is 2.15 bits per heavy atom. The largest absolute Gasteiger partial charge is 0.330 e. The molecule has 9 heteroatoms. The highest BCUT2D eigenvalue weighted by atomic mass is 19.1. The minimum atomic E-state index is -0.794. The van der Waals surface area contributed by atoms with Crippen molar-refractivity contribution < 1.29 is 23.6 Å². The van der Waals surface area contributed by atoms with E-state index in [9.17, 15) is 19.2 Å². The van der Waals surface area contributed by atoms with Gasteiger partial charge in [-0.25, -0.2) is 4.39 Å². The number of rotatable bonds is 5. The van der Waals surface area contributed by atoms with Crippen molar-refractivity contribution in [2.75, 3.05) is 13.1 Å². The lowest BCUT2D eigenvalue weighted by atomic mass is 9.83. The molecule has 0 radical (unpaired) electrons. The third-order valence-electron chi connectivity index (χ3n) is 8.89. The van der Waals surface area contributed by atoms with Gasteiger partial charge in [-0.1, -0.05) is 60.7 Å². The van der Waals surface area contributed by atoms with E-state index >= 15 is 4.39 Å². The lowest BCUT2D eigenvalue weighted by Gasteiger charge is -2.57. The molecule has 4 amide bonds. The Labute approximate surface area is 236 Å². The second-order valence-corrected chi connectivity index (χ2v) is 11.3. The number of amides is 4. The van der Waals surface area contributed by atoms with Gasteiger partial charge in [0.2, 0.25) is 11.8 Å². The van der Waals surface area contributed by atoms with Crippen molar-refractivity contribution >= 4 is 23.6 Å². The van der Waals surface area contributed by atoms with Gasteiger partial charge in [0.1, 0.15) is 11.9 Å². The Morgan fingerprint density at radius 2 is 1.54 bits per heavy atom. The van der Waals surface area contributed by atoms with E-state index in [4.69, 9.17) is 0 Å². The van der Waals surface area contributed by atoms with Crippen molar-refractivity contribution in [3.05, 3.63) is 106 Å². The number of fused-ring (bicyclic) bond motifs is 3. The average Bonchev–Trinajstić information content (AvgIpc) is 3.28. The molecule has 1 N–H and O–H groups in total. The number of hydrogen-bond acceptors (Lipinski definition) is 5. The molecule has 41 heavy (non-hydrogen) atoms. The van der Waals surface area contributed by atoms with Crippen LogP contribution in [0.25, 0.3) is 0 Å². The van der Waals surface area contributed by atoms with Crippen LogP contribution >= 0.6 is 0 Å². The predicted octanol–water partition coefficient (Wildman–Crippen LogP) is 3.28. The molecule has 8 rings (SSSR count). The molecule has 4 saturated heterocycles. The lowest BCUT2D eigenvalue weighted by Crippen LogP contribution is -2.70. The number of piperidine rings is 2. The molecule has 5 aliphatic rings. The third-order valence-corrected chi connectivity index (χ3v) is 8.89. The Balaban J connectivity index is 1.10. The highest BCUT2D eigenvalue weighted by molar-refractivity contribution is 6.06. The molecule has 208 valence electrons. The van der Waals surface area contributed by atoms with Crippen LogP contribution in [0.4, 0.5) is 4.39 Å². The fourth-order valence-corrected chi connectivity index (χ4v) is 6.96. The maximum atomic E-state index is 15.4. The van der Waals surface area contributed by atoms with Crippen LogP contribution in [0.5, 0.6) is 0 Å². The van der Waals surface area contributed by atoms with E-state index in [1.54, 1.807) is 4.90 Å². The zero-order valence-electron chi connectivity index (χ0n) is 22.3. The molecular weight excluding hydrogens is 523 g/mol. The molecular formula is C32H29FN4O4. The normalized spacial score (nSPS) is 23.9. The summed E-state index contributed by atoms with van der Waals surface area (Å²) in [4.78, 5) is 56.2. The zero-order valence-corrected chi connectivity index (χ0v) is 22.3. The monoisotopic (exact) mass is 552 g/mol. The van der Waals surface area contributed by atoms with Crippen LogP contribution in [0, 0.1) is 5.82 Å². The highest BCUT2D eigenvalue weighted by Gasteiger charge is 2.50. The van der Waals surface area contributed by atoms with Gasteiger partial charge in [-0.2, -0.15) is 0 Å². The van der Waals surface area contributed by atoms with Crippen LogP contribution in [0.1, 0.15) is 62.7 Å². The second kappa shape index (κ2) is 9.92. The summed E-state index contributed by atoms with van der Waals surface area (Å²) < 4.78 is 15.4. The first kappa shape index (κ1) is 25.6. The molecule has 4 fully saturated rings. The number of nitrogens with zero attached hydrogens (tertiary/aromatic N) is 3. The first-order chi connectivity index (χ1) is 19.9. The SMILES string of the molecule is O=C1CCC(N2Cc3cc(C(=O)N4C5CC4CN(C(c4ccccc4)c4ccccc4)C5)c(F)cc3C2=O)C(=O)N1. The van der Waals surface area contributed by atoms with Crippen molar-refractivity contribution in [3.63, 3.8) is 0 Å². The van der Waals surface area contributed by atoms with E-state index in [0.717, 1.165) is 12.5 Å². The quantitative estimate of drug-likeness (QED) is 0.491. The van der Waals surface area contributed by atoms with Gasteiger partial charge in [-0.15, -0.1) is 0 Å². The number of piperazine rings is 1. The van der Waals surface area contributed by atoms with Gasteiger partial charge in [0, 0.05) is 43.7 Å². The Kier molecular flexibility index (Phi) is 6.19. The first-order valence-corrected chi connectivity index (χ1v) is 14.0. The number of carbonyl (C=O) groups excluding carboxylic acids is 4. The standard InChI is InChI=1S/C32H29FN4O4/c33-26-15-24-21(16-36(31(24)40)27-11-12-28(38)34-30(27)39)13-25(26)32(41)37-22-14-23(37)18-35(17-22)29(19-7-3-1-4-8-19)20-9-5-2-6-10-20/h1-10,13,15,22-23,27,29H,11-12,14,16-18H2,(H,34,38,39). The summed E-state index contributed by atoms with van der Waals surface area (Å²) >= 11 is 0. The summed E-state index contributed by atoms with van der Waals surface area (Å²) in [5.74, 6) is -2.46. The fraction of sp³-hybridized carbons (Fsp3) is 0.312. The van der Waals surface area contributed by atoms with Crippen molar-refractivity contribution in [1.82, 2.24) is 20.0 Å². The molecule has 0 saturated carbocycles. The second-order valence-electron chi connectivity index (χ2n) is 11.3. The molecule has 3 atom stereocenters. The Hall–Kier alpha value is -4.37. The van der Waals surface area contributed by atoms with E-state index in [0.29, 0.717) is 18.7 Å². The molecule has 2 bridgehead atoms. The molecule has 3 aromatic rings. The Morgan fingerprint density at radius 1 is 0.902 bits per heavy atom. The number of benzene rings is 3. The smallest absolute Gasteiger partial charge is 0.257 e. The van der Waals surface area contributed by atoms with Crippen LogP contribution in [0.2, 0.25) is 0 Å². The van der Waals surface area contributed by atoms with Gasteiger partial charge in [0.25, 0.3) is 11.8 Å². The van der Waals surface area contributed by atoms with Crippen LogP contribution in [-0.2, 0) is 16.1 Å². The molecule has 5 heterocycles. The van der Waals surface area contributed by atoms with Gasteiger partial charge in [-0.05, 0) is 41.7 Å². The average molecular weight is 553 g/mol. The molecule has 0 aliphatic carbocycles. The first-order valence-electron chi connectivity index (χ1n) is 14.0. The summed E-state index contributed by atoms with van der Waals surface area (Å²) in [7, 11) is 0. The maximum Gasteiger partial charge on any atom is 0.257 e. The maximum absolute atomic E-state index is 15.4. The summed E-state index contributed by atoms with van der Waals surface area (Å²) in [5.41, 5.74) is 3.00. The van der Waals surface area contributed by atoms with E-state index in [1.807, 2.05) is 36.4 Å². The van der Waals surface area contributed by atoms with Crippen molar-refractivity contribution in [1.29, 1.82) is 0 Å². The molecule has 5 aliphatic heterocycles. The van der Waals surface area contributed by atoms with Gasteiger partial charge in [0.05, 0.1) is 11.6 Å². The van der Waals surface area contributed by atoms with Crippen LogP contribution in [0.15, 0.2) is 72.8 Å². The van der Waals surface area contributed by atoms with Gasteiger partial charge < -0.3 is 9.80 Å². The predicted molar refractivity (Wildman–Crippen MR) is 147 cm³/mol. The van der Waals surface area contributed by atoms with Crippen molar-refractivity contribution in [2.45, 2.75) is 50.0 Å². The van der Waals surface area contributed by atoms with Gasteiger partial charge in [0.15, 0.2) is 0 Å².